The molecule has 20 heavy (non-hydrogen) atoms. The van der Waals surface area contributed by atoms with Crippen LogP contribution < -0.4 is 5.73 Å². The summed E-state index contributed by atoms with van der Waals surface area (Å²) in [5.41, 5.74) is 8.45. The zero-order valence-electron chi connectivity index (χ0n) is 10.1. The zero-order valence-corrected chi connectivity index (χ0v) is 10.9. The third-order valence-corrected chi connectivity index (χ3v) is 3.57. The van der Waals surface area contributed by atoms with Crippen molar-refractivity contribution in [2.75, 3.05) is 5.73 Å². The van der Waals surface area contributed by atoms with Crippen molar-refractivity contribution in [3.8, 4) is 0 Å². The van der Waals surface area contributed by atoms with Gasteiger partial charge in [-0.15, -0.1) is 0 Å². The largest absolute Gasteiger partial charge is 0.431 e. The molecule has 3 N–H and O–H groups in total. The quantitative estimate of drug-likeness (QED) is 0.543. The lowest BCUT2D eigenvalue weighted by molar-refractivity contribution is 0.489. The van der Waals surface area contributed by atoms with Crippen molar-refractivity contribution >= 4 is 40.0 Å². The average Bonchev–Trinajstić information content (AvgIpc) is 3.03. The molecule has 3 heterocycles. The second-order valence-corrected chi connectivity index (χ2v) is 4.98. The van der Waals surface area contributed by atoms with Gasteiger partial charge in [0, 0.05) is 0 Å². The highest BCUT2D eigenvalue weighted by molar-refractivity contribution is 7.99. The highest BCUT2D eigenvalue weighted by atomic mass is 32.2. The van der Waals surface area contributed by atoms with E-state index in [4.69, 9.17) is 10.2 Å². The van der Waals surface area contributed by atoms with Gasteiger partial charge in [0.2, 0.25) is 5.95 Å². The van der Waals surface area contributed by atoms with E-state index >= 15 is 0 Å². The van der Waals surface area contributed by atoms with Gasteiger partial charge < -0.3 is 15.1 Å². The number of H-pyrrole nitrogens is 1. The van der Waals surface area contributed by atoms with Crippen molar-refractivity contribution in [3.05, 3.63) is 30.6 Å². The molecule has 0 fully saturated rings. The molecule has 3 aromatic heterocycles. The predicted octanol–water partition coefficient (Wildman–Crippen LogP) is 2.23. The summed E-state index contributed by atoms with van der Waals surface area (Å²) in [6, 6.07) is 7.57. The van der Waals surface area contributed by atoms with Crippen LogP contribution in [0, 0.1) is 0 Å². The highest BCUT2D eigenvalue weighted by Crippen LogP contribution is 2.31. The third kappa shape index (κ3) is 1.77. The maximum absolute atomic E-state index is 5.67. The molecule has 0 spiro atoms. The summed E-state index contributed by atoms with van der Waals surface area (Å²) < 4.78 is 5.65. The third-order valence-electron chi connectivity index (χ3n) is 2.73. The van der Waals surface area contributed by atoms with Gasteiger partial charge in [-0.3, -0.25) is 0 Å². The van der Waals surface area contributed by atoms with Crippen LogP contribution >= 0.6 is 11.8 Å². The number of oxazole rings is 1. The summed E-state index contributed by atoms with van der Waals surface area (Å²) in [6.07, 6.45) is 1.55. The summed E-state index contributed by atoms with van der Waals surface area (Å²) in [7, 11) is 0. The van der Waals surface area contributed by atoms with Crippen molar-refractivity contribution < 1.29 is 4.42 Å². The minimum absolute atomic E-state index is 0.170. The lowest BCUT2D eigenvalue weighted by Gasteiger charge is -1.99. The lowest BCUT2D eigenvalue weighted by Crippen LogP contribution is -1.96. The van der Waals surface area contributed by atoms with Crippen molar-refractivity contribution in [3.63, 3.8) is 0 Å². The summed E-state index contributed by atoms with van der Waals surface area (Å²) in [6.45, 7) is 0. The van der Waals surface area contributed by atoms with Gasteiger partial charge in [0.1, 0.15) is 16.1 Å². The predicted molar refractivity (Wildman–Crippen MR) is 74.2 cm³/mol. The molecule has 0 saturated heterocycles. The standard InChI is InChI=1S/C12H8N6OS/c13-11-17-9-8(14-5-15-9)10(18-11)20-12-16-6-3-1-2-4-7(6)19-12/h1-5H,(H3,13,14,15,17,18). The Morgan fingerprint density at radius 2 is 2.05 bits per heavy atom. The van der Waals surface area contributed by atoms with Crippen molar-refractivity contribution in [1.82, 2.24) is 24.9 Å². The van der Waals surface area contributed by atoms with Crippen LogP contribution in [0.3, 0.4) is 0 Å². The minimum Gasteiger partial charge on any atom is -0.431 e. The van der Waals surface area contributed by atoms with Crippen molar-refractivity contribution in [1.29, 1.82) is 0 Å². The van der Waals surface area contributed by atoms with Gasteiger partial charge in [-0.2, -0.15) is 4.98 Å². The second kappa shape index (κ2) is 4.20. The number of hydrogen-bond donors (Lipinski definition) is 2. The first-order chi connectivity index (χ1) is 9.79. The van der Waals surface area contributed by atoms with E-state index in [1.807, 2.05) is 24.3 Å². The summed E-state index contributed by atoms with van der Waals surface area (Å²) in [4.78, 5) is 19.7. The van der Waals surface area contributed by atoms with Crippen LogP contribution in [0.5, 0.6) is 0 Å². The Morgan fingerprint density at radius 3 is 2.95 bits per heavy atom. The van der Waals surface area contributed by atoms with Crippen molar-refractivity contribution in [2.24, 2.45) is 0 Å². The molecule has 0 aliphatic heterocycles. The molecule has 0 aliphatic rings. The molecule has 4 rings (SSSR count). The first-order valence-corrected chi connectivity index (χ1v) is 6.61. The monoisotopic (exact) mass is 284 g/mol. The van der Waals surface area contributed by atoms with Gasteiger partial charge in [-0.25, -0.2) is 15.0 Å². The Bertz CT molecular complexity index is 882. The maximum atomic E-state index is 5.67. The number of nitrogens with zero attached hydrogens (tertiary/aromatic N) is 4. The van der Waals surface area contributed by atoms with E-state index in [9.17, 15) is 0 Å². The SMILES string of the molecule is Nc1nc(Sc2nc3ccccc3o2)c2[nH]cnc2n1. The number of para-hydroxylation sites is 2. The van der Waals surface area contributed by atoms with Gasteiger partial charge in [-0.05, 0) is 23.9 Å². The first kappa shape index (κ1) is 11.2. The highest BCUT2D eigenvalue weighted by Gasteiger charge is 2.13. The number of nitrogens with one attached hydrogen (secondary N) is 1. The molecule has 0 amide bonds. The smallest absolute Gasteiger partial charge is 0.263 e. The van der Waals surface area contributed by atoms with Crippen molar-refractivity contribution in [2.45, 2.75) is 10.2 Å². The van der Waals surface area contributed by atoms with E-state index in [1.165, 1.54) is 11.8 Å². The number of rotatable bonds is 2. The molecule has 7 nitrogen and oxygen atoms in total. The number of fused-ring (bicyclic) bond motifs is 2. The molecule has 0 aliphatic carbocycles. The molecule has 0 bridgehead atoms. The normalized spacial score (nSPS) is 11.4. The van der Waals surface area contributed by atoms with E-state index in [0.29, 0.717) is 21.4 Å². The number of benzene rings is 1. The fourth-order valence-corrected chi connectivity index (χ4v) is 2.71. The number of anilines is 1. The zero-order chi connectivity index (χ0) is 13.5. The van der Waals surface area contributed by atoms with Gasteiger partial charge >= 0.3 is 0 Å². The molecule has 0 unspecified atom stereocenters. The van der Waals surface area contributed by atoms with Crippen LogP contribution in [0.1, 0.15) is 0 Å². The van der Waals surface area contributed by atoms with Crippen LogP contribution in [0.25, 0.3) is 22.3 Å². The molecule has 1 aromatic carbocycles. The maximum Gasteiger partial charge on any atom is 0.263 e. The van der Waals surface area contributed by atoms with Crippen LogP contribution in [-0.2, 0) is 0 Å². The Labute approximate surface area is 116 Å². The van der Waals surface area contributed by atoms with Gasteiger partial charge in [0.15, 0.2) is 11.2 Å². The topological polar surface area (TPSA) is 107 Å². The van der Waals surface area contributed by atoms with E-state index in [1.54, 1.807) is 6.33 Å². The van der Waals surface area contributed by atoms with E-state index in [-0.39, 0.29) is 5.95 Å². The van der Waals surface area contributed by atoms with E-state index < -0.39 is 0 Å². The van der Waals surface area contributed by atoms with Crippen LogP contribution in [-0.4, -0.2) is 24.9 Å². The Morgan fingerprint density at radius 1 is 1.15 bits per heavy atom. The molecule has 8 heteroatoms. The molecular formula is C12H8N6OS. The van der Waals surface area contributed by atoms with Crippen LogP contribution in [0.15, 0.2) is 45.3 Å². The van der Waals surface area contributed by atoms with Gasteiger partial charge in [-0.1, -0.05) is 12.1 Å². The van der Waals surface area contributed by atoms with E-state index in [0.717, 1.165) is 11.1 Å². The summed E-state index contributed by atoms with van der Waals surface area (Å²) in [5.74, 6) is 0.170. The molecule has 0 atom stereocenters. The fraction of sp³-hybridized carbons (Fsp3) is 0. The number of hydrogen-bond acceptors (Lipinski definition) is 7. The number of aromatic amines is 1. The number of nitrogens with two attached hydrogens (primary N) is 1. The molecular weight excluding hydrogens is 276 g/mol. The molecule has 0 radical (unpaired) electrons. The molecule has 0 saturated carbocycles. The Kier molecular flexibility index (Phi) is 2.36. The number of aromatic nitrogens is 5. The second-order valence-electron chi connectivity index (χ2n) is 4.04. The fourth-order valence-electron chi connectivity index (χ4n) is 1.87. The number of nitrogen functional groups attached to an aromatic ring is 1. The van der Waals surface area contributed by atoms with Crippen LogP contribution in [0.2, 0.25) is 0 Å². The Balaban J connectivity index is 1.81. The summed E-state index contributed by atoms with van der Waals surface area (Å²) >= 11 is 1.28. The Hall–Kier alpha value is -2.61. The minimum atomic E-state index is 0.170. The first-order valence-electron chi connectivity index (χ1n) is 5.79. The molecule has 98 valence electrons. The number of imidazole rings is 1. The lowest BCUT2D eigenvalue weighted by atomic mass is 10.3. The van der Waals surface area contributed by atoms with Crippen LogP contribution in [0.4, 0.5) is 5.95 Å². The average molecular weight is 284 g/mol. The summed E-state index contributed by atoms with van der Waals surface area (Å²) in [5, 5.41) is 1.14. The molecule has 4 aromatic rings. The van der Waals surface area contributed by atoms with Gasteiger partial charge in [0.25, 0.3) is 5.22 Å². The van der Waals surface area contributed by atoms with Gasteiger partial charge in [0.05, 0.1) is 6.33 Å². The van der Waals surface area contributed by atoms with E-state index in [2.05, 4.69) is 24.9 Å².